The summed E-state index contributed by atoms with van der Waals surface area (Å²) in [5, 5.41) is 3.69. The van der Waals surface area contributed by atoms with E-state index in [0.717, 1.165) is 50.5 Å². The molecule has 5 nitrogen and oxygen atoms in total. The predicted octanol–water partition coefficient (Wildman–Crippen LogP) is 4.14. The summed E-state index contributed by atoms with van der Waals surface area (Å²) in [4.78, 5) is 39.0. The fraction of sp³-hybridized carbons (Fsp3) is 0.667. The number of carbonyl (C=O) groups excluding carboxylic acids is 3. The van der Waals surface area contributed by atoms with Gasteiger partial charge in [-0.3, -0.25) is 9.59 Å². The quantitative estimate of drug-likeness (QED) is 0.786. The zero-order valence-electron chi connectivity index (χ0n) is 15.8. The molecule has 2 saturated carbocycles. The number of aryl methyl sites for hydroxylation is 1. The van der Waals surface area contributed by atoms with Crippen LogP contribution in [-0.4, -0.2) is 24.3 Å². The van der Waals surface area contributed by atoms with Gasteiger partial charge in [0.25, 0.3) is 0 Å². The molecule has 0 saturated heterocycles. The Morgan fingerprint density at radius 1 is 1.11 bits per heavy atom. The molecular weight excluding hydrogens is 362 g/mol. The van der Waals surface area contributed by atoms with Crippen molar-refractivity contribution in [3.05, 3.63) is 16.0 Å². The van der Waals surface area contributed by atoms with Gasteiger partial charge in [-0.25, -0.2) is 4.79 Å². The summed E-state index contributed by atoms with van der Waals surface area (Å²) in [6.07, 6.45) is 8.26. The van der Waals surface area contributed by atoms with Crippen molar-refractivity contribution in [1.82, 2.24) is 0 Å². The number of carbonyl (C=O) groups is 3. The zero-order chi connectivity index (χ0) is 19.0. The van der Waals surface area contributed by atoms with Crippen molar-refractivity contribution >= 4 is 34.0 Å². The number of amides is 1. The third-order valence-electron chi connectivity index (χ3n) is 6.31. The van der Waals surface area contributed by atoms with Crippen molar-refractivity contribution in [2.45, 2.75) is 64.7 Å². The molecular formula is C21H27NO4S. The summed E-state index contributed by atoms with van der Waals surface area (Å²) in [7, 11) is 0. The van der Waals surface area contributed by atoms with Crippen LogP contribution in [0.1, 0.15) is 72.7 Å². The summed E-state index contributed by atoms with van der Waals surface area (Å²) < 4.78 is 5.27. The average Bonchev–Trinajstić information content (AvgIpc) is 2.99. The van der Waals surface area contributed by atoms with Crippen LogP contribution in [0.3, 0.4) is 0 Å². The minimum Gasteiger partial charge on any atom is -0.462 e. The molecule has 146 valence electrons. The highest BCUT2D eigenvalue weighted by Gasteiger charge is 2.41. The maximum atomic E-state index is 13.0. The number of esters is 1. The van der Waals surface area contributed by atoms with E-state index in [1.807, 2.05) is 0 Å². The summed E-state index contributed by atoms with van der Waals surface area (Å²) >= 11 is 1.53. The minimum absolute atomic E-state index is 0.0384. The second-order valence-corrected chi connectivity index (χ2v) is 9.13. The van der Waals surface area contributed by atoms with Crippen molar-refractivity contribution in [1.29, 1.82) is 0 Å². The highest BCUT2D eigenvalue weighted by atomic mass is 32.1. The van der Waals surface area contributed by atoms with Gasteiger partial charge in [-0.2, -0.15) is 0 Å². The fourth-order valence-corrected chi connectivity index (χ4v) is 6.26. The Morgan fingerprint density at radius 3 is 2.52 bits per heavy atom. The predicted molar refractivity (Wildman–Crippen MR) is 104 cm³/mol. The molecule has 2 atom stereocenters. The van der Waals surface area contributed by atoms with E-state index in [1.54, 1.807) is 6.92 Å². The molecule has 3 aliphatic rings. The Balaban J connectivity index is 1.55. The number of hydrogen-bond donors (Lipinski definition) is 1. The topological polar surface area (TPSA) is 72.5 Å². The van der Waals surface area contributed by atoms with Crippen LogP contribution in [0.2, 0.25) is 0 Å². The van der Waals surface area contributed by atoms with Crippen LogP contribution in [0.4, 0.5) is 5.00 Å². The lowest BCUT2D eigenvalue weighted by molar-refractivity contribution is -0.136. The first kappa shape index (κ1) is 18.7. The molecule has 0 aromatic carbocycles. The first-order chi connectivity index (χ1) is 13.1. The van der Waals surface area contributed by atoms with Gasteiger partial charge in [0.2, 0.25) is 5.91 Å². The number of Topliss-reactive ketones (excluding diaryl/α,β-unsaturated/α-hetero) is 1. The molecule has 1 heterocycles. The van der Waals surface area contributed by atoms with E-state index in [-0.39, 0.29) is 29.6 Å². The molecule has 1 aromatic rings. The molecule has 0 radical (unpaired) electrons. The SMILES string of the molecule is CCOC(=O)c1c(NC(=O)C2CC3CCCC(C2)C3=O)sc2c1CCCC2. The van der Waals surface area contributed by atoms with Crippen LogP contribution in [0.15, 0.2) is 0 Å². The number of anilines is 1. The average molecular weight is 390 g/mol. The van der Waals surface area contributed by atoms with Gasteiger partial charge >= 0.3 is 5.97 Å². The van der Waals surface area contributed by atoms with E-state index < -0.39 is 0 Å². The van der Waals surface area contributed by atoms with E-state index in [1.165, 1.54) is 16.2 Å². The number of ether oxygens (including phenoxy) is 1. The van der Waals surface area contributed by atoms with E-state index in [2.05, 4.69) is 5.32 Å². The summed E-state index contributed by atoms with van der Waals surface area (Å²) in [6.45, 7) is 2.12. The van der Waals surface area contributed by atoms with Crippen LogP contribution in [0, 0.1) is 17.8 Å². The second-order valence-electron chi connectivity index (χ2n) is 8.02. The van der Waals surface area contributed by atoms with Crippen LogP contribution in [0.5, 0.6) is 0 Å². The van der Waals surface area contributed by atoms with E-state index in [9.17, 15) is 14.4 Å². The highest BCUT2D eigenvalue weighted by Crippen LogP contribution is 2.42. The van der Waals surface area contributed by atoms with Crippen molar-refractivity contribution < 1.29 is 19.1 Å². The molecule has 1 N–H and O–H groups in total. The Bertz CT molecular complexity index is 752. The van der Waals surface area contributed by atoms with E-state index in [4.69, 9.17) is 4.74 Å². The van der Waals surface area contributed by atoms with Gasteiger partial charge in [-0.1, -0.05) is 6.42 Å². The smallest absolute Gasteiger partial charge is 0.341 e. The monoisotopic (exact) mass is 389 g/mol. The molecule has 27 heavy (non-hydrogen) atoms. The maximum Gasteiger partial charge on any atom is 0.341 e. The minimum atomic E-state index is -0.331. The normalized spacial score (nSPS) is 27.0. The summed E-state index contributed by atoms with van der Waals surface area (Å²) in [6, 6.07) is 0. The lowest BCUT2D eigenvalue weighted by Crippen LogP contribution is -2.40. The molecule has 0 aliphatic heterocycles. The van der Waals surface area contributed by atoms with Crippen molar-refractivity contribution in [2.24, 2.45) is 17.8 Å². The number of ketones is 1. The van der Waals surface area contributed by atoms with E-state index >= 15 is 0 Å². The first-order valence-corrected chi connectivity index (χ1v) is 11.1. The third kappa shape index (κ3) is 3.56. The Morgan fingerprint density at radius 2 is 1.81 bits per heavy atom. The van der Waals surface area contributed by atoms with Crippen molar-refractivity contribution in [3.63, 3.8) is 0 Å². The fourth-order valence-electron chi connectivity index (χ4n) is 4.98. The Hall–Kier alpha value is -1.69. The Labute approximate surface area is 163 Å². The van der Waals surface area contributed by atoms with Crippen molar-refractivity contribution in [2.75, 3.05) is 11.9 Å². The molecule has 0 spiro atoms. The number of thiophene rings is 1. The number of fused-ring (bicyclic) bond motifs is 3. The highest BCUT2D eigenvalue weighted by molar-refractivity contribution is 7.17. The molecule has 2 unspecified atom stereocenters. The third-order valence-corrected chi connectivity index (χ3v) is 7.51. The molecule has 3 aliphatic carbocycles. The molecule has 1 amide bonds. The van der Waals surface area contributed by atoms with Gasteiger partial charge in [0, 0.05) is 22.6 Å². The standard InChI is InChI=1S/C21H27NO4S/c1-2-26-21(25)17-15-8-3-4-9-16(15)27-20(17)22-19(24)14-10-12-6-5-7-13(11-14)18(12)23/h12-14H,2-11H2,1H3,(H,22,24). The Kier molecular flexibility index (Phi) is 5.35. The second kappa shape index (κ2) is 7.74. The number of rotatable bonds is 4. The van der Waals surface area contributed by atoms with Gasteiger partial charge in [-0.05, 0) is 63.9 Å². The lowest BCUT2D eigenvalue weighted by Gasteiger charge is -2.36. The van der Waals surface area contributed by atoms with Crippen LogP contribution >= 0.6 is 11.3 Å². The van der Waals surface area contributed by atoms with Gasteiger partial charge in [-0.15, -0.1) is 11.3 Å². The molecule has 6 heteroatoms. The van der Waals surface area contributed by atoms with Crippen LogP contribution in [0.25, 0.3) is 0 Å². The van der Waals surface area contributed by atoms with E-state index in [0.29, 0.717) is 35.8 Å². The van der Waals surface area contributed by atoms with Gasteiger partial charge in [0.15, 0.2) is 0 Å². The first-order valence-electron chi connectivity index (χ1n) is 10.2. The molecule has 2 bridgehead atoms. The lowest BCUT2D eigenvalue weighted by atomic mass is 9.67. The largest absolute Gasteiger partial charge is 0.462 e. The number of hydrogen-bond acceptors (Lipinski definition) is 5. The maximum absolute atomic E-state index is 13.0. The van der Waals surface area contributed by atoms with Gasteiger partial charge in [0.05, 0.1) is 12.2 Å². The van der Waals surface area contributed by atoms with Gasteiger partial charge < -0.3 is 10.1 Å². The number of nitrogens with one attached hydrogen (secondary N) is 1. The molecule has 1 aromatic heterocycles. The molecule has 2 fully saturated rings. The summed E-state index contributed by atoms with van der Waals surface area (Å²) in [5.74, 6) is -0.0358. The molecule has 4 rings (SSSR count). The zero-order valence-corrected chi connectivity index (χ0v) is 16.7. The van der Waals surface area contributed by atoms with Gasteiger partial charge in [0.1, 0.15) is 10.8 Å². The van der Waals surface area contributed by atoms with Crippen LogP contribution in [-0.2, 0) is 27.2 Å². The van der Waals surface area contributed by atoms with Crippen molar-refractivity contribution in [3.8, 4) is 0 Å². The van der Waals surface area contributed by atoms with Crippen LogP contribution < -0.4 is 5.32 Å². The summed E-state index contributed by atoms with van der Waals surface area (Å²) in [5.41, 5.74) is 1.63.